The first kappa shape index (κ1) is 21.9. The maximum absolute atomic E-state index is 13.1. The van der Waals surface area contributed by atoms with E-state index in [2.05, 4.69) is 4.98 Å². The summed E-state index contributed by atoms with van der Waals surface area (Å²) >= 11 is 0. The highest BCUT2D eigenvalue weighted by Gasteiger charge is 2.22. The number of carbonyl (C=O) groups excluding carboxylic acids is 1. The Bertz CT molecular complexity index is 1170. The molecular weight excluding hydrogens is 396 g/mol. The van der Waals surface area contributed by atoms with E-state index in [1.165, 1.54) is 11.6 Å². The summed E-state index contributed by atoms with van der Waals surface area (Å²) in [6.07, 6.45) is 1.57. The number of ether oxygens (including phenoxy) is 1. The lowest BCUT2D eigenvalue weighted by Crippen LogP contribution is -2.39. The van der Waals surface area contributed by atoms with Crippen LogP contribution in [-0.4, -0.2) is 22.5 Å². The quantitative estimate of drug-likeness (QED) is 0.580. The highest BCUT2D eigenvalue weighted by molar-refractivity contribution is 6.07. The monoisotopic (exact) mass is 422 g/mol. The normalized spacial score (nSPS) is 10.6. The maximum Gasteiger partial charge on any atom is 0.330 e. The average molecular weight is 422 g/mol. The van der Waals surface area contributed by atoms with Gasteiger partial charge in [-0.1, -0.05) is 49.7 Å². The van der Waals surface area contributed by atoms with Gasteiger partial charge in [-0.2, -0.15) is 0 Å². The van der Waals surface area contributed by atoms with Crippen molar-refractivity contribution in [3.8, 4) is 5.75 Å². The van der Waals surface area contributed by atoms with Crippen molar-refractivity contribution in [3.63, 3.8) is 0 Å². The van der Waals surface area contributed by atoms with E-state index in [1.54, 1.807) is 24.3 Å². The molecule has 0 aliphatic carbocycles. The van der Waals surface area contributed by atoms with E-state index in [9.17, 15) is 14.4 Å². The van der Waals surface area contributed by atoms with Crippen LogP contribution in [-0.2, 0) is 13.2 Å². The summed E-state index contributed by atoms with van der Waals surface area (Å²) in [5, 5.41) is 0. The number of carbonyl (C=O) groups is 1. The van der Waals surface area contributed by atoms with Crippen molar-refractivity contribution >= 4 is 17.4 Å². The van der Waals surface area contributed by atoms with Crippen molar-refractivity contribution in [1.82, 2.24) is 9.55 Å². The topological polar surface area (TPSA) is 110 Å². The minimum atomic E-state index is -0.706. The lowest BCUT2D eigenvalue weighted by molar-refractivity contribution is 0.0992. The zero-order valence-corrected chi connectivity index (χ0v) is 17.6. The summed E-state index contributed by atoms with van der Waals surface area (Å²) in [4.78, 5) is 41.0. The van der Waals surface area contributed by atoms with Crippen LogP contribution >= 0.6 is 0 Å². The number of rotatable bonds is 8. The number of nitrogens with zero attached hydrogens (tertiary/aromatic N) is 2. The van der Waals surface area contributed by atoms with Crippen LogP contribution < -0.4 is 26.6 Å². The van der Waals surface area contributed by atoms with Gasteiger partial charge in [-0.15, -0.1) is 0 Å². The molecule has 0 radical (unpaired) electrons. The van der Waals surface area contributed by atoms with E-state index < -0.39 is 17.2 Å². The Hall–Kier alpha value is -3.81. The number of aromatic nitrogens is 2. The second-order valence-electron chi connectivity index (χ2n) is 7.16. The van der Waals surface area contributed by atoms with Crippen LogP contribution in [0.15, 0.2) is 64.2 Å². The zero-order chi connectivity index (χ0) is 22.4. The fraction of sp³-hybridized carbons (Fsp3) is 0.261. The number of nitrogens with two attached hydrogens (primary N) is 1. The van der Waals surface area contributed by atoms with E-state index in [0.29, 0.717) is 30.9 Å². The molecule has 8 nitrogen and oxygen atoms in total. The minimum Gasteiger partial charge on any atom is -0.489 e. The molecule has 0 saturated carbocycles. The molecule has 0 aliphatic heterocycles. The summed E-state index contributed by atoms with van der Waals surface area (Å²) in [7, 11) is 1.45. The maximum atomic E-state index is 13.1. The molecule has 3 aromatic rings. The summed E-state index contributed by atoms with van der Waals surface area (Å²) in [6.45, 7) is 2.70. The molecule has 2 aromatic carbocycles. The van der Waals surface area contributed by atoms with Gasteiger partial charge in [0.25, 0.3) is 11.5 Å². The Morgan fingerprint density at radius 2 is 1.87 bits per heavy atom. The molecule has 162 valence electrons. The number of nitrogen functional groups attached to an aromatic ring is 1. The second kappa shape index (κ2) is 9.80. The number of hydrogen-bond acceptors (Lipinski definition) is 5. The lowest BCUT2D eigenvalue weighted by Gasteiger charge is -2.20. The molecule has 0 bridgehead atoms. The number of anilines is 2. The fourth-order valence-electron chi connectivity index (χ4n) is 3.19. The summed E-state index contributed by atoms with van der Waals surface area (Å²) < 4.78 is 7.07. The average Bonchev–Trinajstić information content (AvgIpc) is 2.77. The first-order valence-electron chi connectivity index (χ1n) is 10.1. The third kappa shape index (κ3) is 5.03. The van der Waals surface area contributed by atoms with E-state index in [-0.39, 0.29) is 11.5 Å². The standard InChI is InChI=1S/C23H26N4O4/c1-3-4-13-27-20(24)19(21(28)25-23(27)30)26(2)22(29)17-11-8-12-18(14-17)31-15-16-9-6-5-7-10-16/h5-12,14H,3-4,13,15,24H2,1-2H3,(H,25,28,30). The zero-order valence-electron chi connectivity index (χ0n) is 17.6. The highest BCUT2D eigenvalue weighted by Crippen LogP contribution is 2.21. The minimum absolute atomic E-state index is 0.0328. The molecule has 1 aromatic heterocycles. The largest absolute Gasteiger partial charge is 0.489 e. The predicted molar refractivity (Wildman–Crippen MR) is 121 cm³/mol. The van der Waals surface area contributed by atoms with E-state index in [0.717, 1.165) is 16.9 Å². The van der Waals surface area contributed by atoms with Crippen molar-refractivity contribution in [2.75, 3.05) is 17.7 Å². The van der Waals surface area contributed by atoms with Crippen molar-refractivity contribution < 1.29 is 9.53 Å². The van der Waals surface area contributed by atoms with E-state index in [4.69, 9.17) is 10.5 Å². The van der Waals surface area contributed by atoms with Gasteiger partial charge in [0.2, 0.25) is 0 Å². The number of nitrogens with one attached hydrogen (secondary N) is 1. The van der Waals surface area contributed by atoms with Crippen LogP contribution in [0.1, 0.15) is 35.7 Å². The summed E-state index contributed by atoms with van der Waals surface area (Å²) in [5.41, 5.74) is 6.09. The molecule has 31 heavy (non-hydrogen) atoms. The number of amides is 1. The smallest absolute Gasteiger partial charge is 0.330 e. The Morgan fingerprint density at radius 1 is 1.13 bits per heavy atom. The van der Waals surface area contributed by atoms with Crippen molar-refractivity contribution in [1.29, 1.82) is 0 Å². The third-order valence-corrected chi connectivity index (χ3v) is 4.92. The molecule has 1 amide bonds. The number of H-pyrrole nitrogens is 1. The molecule has 0 fully saturated rings. The van der Waals surface area contributed by atoms with E-state index >= 15 is 0 Å². The Morgan fingerprint density at radius 3 is 2.58 bits per heavy atom. The molecular formula is C23H26N4O4. The molecule has 0 saturated heterocycles. The van der Waals surface area contributed by atoms with Gasteiger partial charge in [-0.25, -0.2) is 4.79 Å². The van der Waals surface area contributed by atoms with Gasteiger partial charge in [0, 0.05) is 19.2 Å². The van der Waals surface area contributed by atoms with Gasteiger partial charge in [0.15, 0.2) is 5.69 Å². The Balaban J connectivity index is 1.85. The molecule has 0 spiro atoms. The fourth-order valence-corrected chi connectivity index (χ4v) is 3.19. The molecule has 3 rings (SSSR count). The summed E-state index contributed by atoms with van der Waals surface area (Å²) in [5.74, 6) is 0.0514. The summed E-state index contributed by atoms with van der Waals surface area (Å²) in [6, 6.07) is 16.4. The van der Waals surface area contributed by atoms with Crippen LogP contribution in [0.2, 0.25) is 0 Å². The SMILES string of the molecule is CCCCn1c(N)c(N(C)C(=O)c2cccc(OCc3ccccc3)c2)c(=O)[nH]c1=O. The number of benzene rings is 2. The first-order chi connectivity index (χ1) is 14.9. The first-order valence-corrected chi connectivity index (χ1v) is 10.1. The number of hydrogen-bond donors (Lipinski definition) is 2. The van der Waals surface area contributed by atoms with Gasteiger partial charge in [-0.05, 0) is 30.2 Å². The third-order valence-electron chi connectivity index (χ3n) is 4.92. The highest BCUT2D eigenvalue weighted by atomic mass is 16.5. The lowest BCUT2D eigenvalue weighted by atomic mass is 10.2. The van der Waals surface area contributed by atoms with Gasteiger partial charge < -0.3 is 15.4 Å². The van der Waals surface area contributed by atoms with Crippen molar-refractivity contribution in [3.05, 3.63) is 86.6 Å². The van der Waals surface area contributed by atoms with Gasteiger partial charge >= 0.3 is 5.69 Å². The Kier molecular flexibility index (Phi) is 6.92. The van der Waals surface area contributed by atoms with Crippen LogP contribution in [0, 0.1) is 0 Å². The van der Waals surface area contributed by atoms with Crippen LogP contribution in [0.25, 0.3) is 0 Å². The molecule has 8 heteroatoms. The number of aromatic amines is 1. The van der Waals surface area contributed by atoms with Crippen molar-refractivity contribution in [2.24, 2.45) is 0 Å². The molecule has 0 atom stereocenters. The van der Waals surface area contributed by atoms with Gasteiger partial charge in [0.1, 0.15) is 18.2 Å². The van der Waals surface area contributed by atoms with Gasteiger partial charge in [-0.3, -0.25) is 19.1 Å². The van der Waals surface area contributed by atoms with Crippen LogP contribution in [0.5, 0.6) is 5.75 Å². The molecule has 1 heterocycles. The Labute approximate surface area is 179 Å². The van der Waals surface area contributed by atoms with Crippen molar-refractivity contribution in [2.45, 2.75) is 32.9 Å². The predicted octanol–water partition coefficient (Wildman–Crippen LogP) is 2.77. The van der Waals surface area contributed by atoms with E-state index in [1.807, 2.05) is 37.3 Å². The van der Waals surface area contributed by atoms with Gasteiger partial charge in [0.05, 0.1) is 0 Å². The number of unbranched alkanes of at least 4 members (excludes halogenated alkanes) is 1. The second-order valence-corrected chi connectivity index (χ2v) is 7.16. The van der Waals surface area contributed by atoms with Crippen LogP contribution in [0.3, 0.4) is 0 Å². The molecule has 0 unspecified atom stereocenters. The van der Waals surface area contributed by atoms with Crippen LogP contribution in [0.4, 0.5) is 11.5 Å². The molecule has 3 N–H and O–H groups in total. The molecule has 0 aliphatic rings.